The zero-order chi connectivity index (χ0) is 16.7. The largest absolute Gasteiger partial charge is 0.481 e. The third-order valence-corrected chi connectivity index (χ3v) is 3.75. The molecule has 2 N–H and O–H groups in total. The van der Waals surface area contributed by atoms with Crippen LogP contribution >= 0.6 is 23.2 Å². The molecule has 0 fully saturated rings. The standard InChI is InChI=1S/C15H16Cl2N4O2/c1-23-14-7-8-18-15(19-14)21-20-13(22)4-2-3-10-5-6-11(16)12(17)9-10/h5-9H,2-4H2,1H3,(H,20,22)(H,18,19,21). The number of aromatic nitrogens is 2. The SMILES string of the molecule is COc1ccnc(NNC(=O)CCCc2ccc(Cl)c(Cl)c2)n1. The first-order chi connectivity index (χ1) is 11.1. The van der Waals surface area contributed by atoms with E-state index in [-0.39, 0.29) is 11.9 Å². The Morgan fingerprint density at radius 1 is 1.26 bits per heavy atom. The molecule has 0 saturated heterocycles. The van der Waals surface area contributed by atoms with Crippen molar-refractivity contribution in [2.24, 2.45) is 0 Å². The quantitative estimate of drug-likeness (QED) is 0.746. The lowest BCUT2D eigenvalue weighted by Gasteiger charge is -2.08. The van der Waals surface area contributed by atoms with Crippen LogP contribution < -0.4 is 15.6 Å². The molecule has 0 unspecified atom stereocenters. The zero-order valence-corrected chi connectivity index (χ0v) is 14.0. The Bertz CT molecular complexity index is 682. The van der Waals surface area contributed by atoms with Crippen LogP contribution in [-0.2, 0) is 11.2 Å². The van der Waals surface area contributed by atoms with Crippen molar-refractivity contribution in [2.75, 3.05) is 12.5 Å². The molecule has 0 bridgehead atoms. The molecule has 1 heterocycles. The highest BCUT2D eigenvalue weighted by molar-refractivity contribution is 6.42. The molecule has 0 aliphatic heterocycles. The van der Waals surface area contributed by atoms with Gasteiger partial charge in [-0.1, -0.05) is 29.3 Å². The second-order valence-electron chi connectivity index (χ2n) is 4.70. The second-order valence-corrected chi connectivity index (χ2v) is 5.51. The Kier molecular flexibility index (Phi) is 6.43. The number of hydrazine groups is 1. The molecule has 0 radical (unpaired) electrons. The first-order valence-electron chi connectivity index (χ1n) is 6.94. The highest BCUT2D eigenvalue weighted by Crippen LogP contribution is 2.23. The topological polar surface area (TPSA) is 76.1 Å². The van der Waals surface area contributed by atoms with Gasteiger partial charge >= 0.3 is 0 Å². The van der Waals surface area contributed by atoms with Gasteiger partial charge in [-0.15, -0.1) is 0 Å². The molecule has 0 saturated carbocycles. The number of nitrogens with one attached hydrogen (secondary N) is 2. The van der Waals surface area contributed by atoms with Crippen molar-refractivity contribution >= 4 is 35.1 Å². The number of nitrogens with zero attached hydrogens (tertiary/aromatic N) is 2. The summed E-state index contributed by atoms with van der Waals surface area (Å²) in [6.45, 7) is 0. The maximum atomic E-state index is 11.8. The molecule has 122 valence electrons. The summed E-state index contributed by atoms with van der Waals surface area (Å²) in [6, 6.07) is 7.07. The molecule has 1 amide bonds. The van der Waals surface area contributed by atoms with E-state index < -0.39 is 0 Å². The van der Waals surface area contributed by atoms with Crippen molar-refractivity contribution in [2.45, 2.75) is 19.3 Å². The molecule has 0 spiro atoms. The van der Waals surface area contributed by atoms with E-state index in [1.54, 1.807) is 12.1 Å². The molecule has 0 atom stereocenters. The van der Waals surface area contributed by atoms with Crippen LogP contribution in [0.5, 0.6) is 5.88 Å². The number of halogens is 2. The number of anilines is 1. The smallest absolute Gasteiger partial charge is 0.245 e. The number of aryl methyl sites for hydroxylation is 1. The summed E-state index contributed by atoms with van der Waals surface area (Å²) in [5, 5.41) is 1.04. The maximum Gasteiger partial charge on any atom is 0.245 e. The Balaban J connectivity index is 1.73. The number of methoxy groups -OCH3 is 1. The molecular weight excluding hydrogens is 339 g/mol. The fourth-order valence-corrected chi connectivity index (χ4v) is 2.17. The van der Waals surface area contributed by atoms with Crippen molar-refractivity contribution in [3.8, 4) is 5.88 Å². The number of carbonyl (C=O) groups excluding carboxylic acids is 1. The van der Waals surface area contributed by atoms with E-state index in [2.05, 4.69) is 20.8 Å². The third-order valence-electron chi connectivity index (χ3n) is 3.01. The van der Waals surface area contributed by atoms with Gasteiger partial charge in [0, 0.05) is 18.7 Å². The van der Waals surface area contributed by atoms with Gasteiger partial charge in [-0.25, -0.2) is 4.98 Å². The minimum Gasteiger partial charge on any atom is -0.481 e. The molecule has 0 aliphatic rings. The number of rotatable bonds is 7. The van der Waals surface area contributed by atoms with Gasteiger partial charge in [0.2, 0.25) is 17.7 Å². The van der Waals surface area contributed by atoms with Crippen LogP contribution in [0, 0.1) is 0 Å². The fraction of sp³-hybridized carbons (Fsp3) is 0.267. The van der Waals surface area contributed by atoms with Gasteiger partial charge in [-0.2, -0.15) is 4.98 Å². The van der Waals surface area contributed by atoms with E-state index >= 15 is 0 Å². The van der Waals surface area contributed by atoms with Crippen molar-refractivity contribution in [1.82, 2.24) is 15.4 Å². The molecule has 2 aromatic rings. The minimum absolute atomic E-state index is 0.156. The van der Waals surface area contributed by atoms with Crippen LogP contribution in [0.3, 0.4) is 0 Å². The van der Waals surface area contributed by atoms with Crippen LogP contribution in [0.1, 0.15) is 18.4 Å². The first-order valence-corrected chi connectivity index (χ1v) is 7.70. The molecule has 0 aliphatic carbocycles. The van der Waals surface area contributed by atoms with Crippen LogP contribution in [0.2, 0.25) is 10.0 Å². The van der Waals surface area contributed by atoms with Gasteiger partial charge in [0.1, 0.15) is 0 Å². The van der Waals surface area contributed by atoms with E-state index in [1.807, 2.05) is 12.1 Å². The molecule has 23 heavy (non-hydrogen) atoms. The molecule has 8 heteroatoms. The van der Waals surface area contributed by atoms with Crippen molar-refractivity contribution in [3.63, 3.8) is 0 Å². The predicted octanol–water partition coefficient (Wildman–Crippen LogP) is 3.26. The highest BCUT2D eigenvalue weighted by Gasteiger charge is 2.05. The lowest BCUT2D eigenvalue weighted by Crippen LogP contribution is -2.30. The Hall–Kier alpha value is -2.05. The summed E-state index contributed by atoms with van der Waals surface area (Å²) >= 11 is 11.8. The first kappa shape index (κ1) is 17.3. The average Bonchev–Trinajstić information content (AvgIpc) is 2.56. The summed E-state index contributed by atoms with van der Waals surface area (Å²) < 4.78 is 4.97. The lowest BCUT2D eigenvalue weighted by molar-refractivity contribution is -0.120. The molecule has 6 nitrogen and oxygen atoms in total. The summed E-state index contributed by atoms with van der Waals surface area (Å²) in [7, 11) is 1.51. The number of carbonyl (C=O) groups is 1. The summed E-state index contributed by atoms with van der Waals surface area (Å²) in [4.78, 5) is 19.8. The number of amides is 1. The lowest BCUT2D eigenvalue weighted by atomic mass is 10.1. The molecule has 1 aromatic carbocycles. The van der Waals surface area contributed by atoms with E-state index in [0.29, 0.717) is 28.8 Å². The van der Waals surface area contributed by atoms with Crippen molar-refractivity contribution in [3.05, 3.63) is 46.1 Å². The highest BCUT2D eigenvalue weighted by atomic mass is 35.5. The number of hydrogen-bond donors (Lipinski definition) is 2. The van der Waals surface area contributed by atoms with Gasteiger partial charge in [0.05, 0.1) is 17.2 Å². The van der Waals surface area contributed by atoms with Gasteiger partial charge in [-0.05, 0) is 30.5 Å². The van der Waals surface area contributed by atoms with Gasteiger partial charge < -0.3 is 4.74 Å². The maximum absolute atomic E-state index is 11.8. The van der Waals surface area contributed by atoms with E-state index in [1.165, 1.54) is 13.3 Å². The third kappa shape index (κ3) is 5.58. The molecular formula is C15H16Cl2N4O2. The van der Waals surface area contributed by atoms with Crippen LogP contribution in [0.15, 0.2) is 30.5 Å². The van der Waals surface area contributed by atoms with E-state index in [0.717, 1.165) is 12.0 Å². The fourth-order valence-electron chi connectivity index (χ4n) is 1.85. The van der Waals surface area contributed by atoms with E-state index in [9.17, 15) is 4.79 Å². The number of hydrogen-bond acceptors (Lipinski definition) is 5. The summed E-state index contributed by atoms with van der Waals surface area (Å²) in [5.41, 5.74) is 6.22. The zero-order valence-electron chi connectivity index (χ0n) is 12.5. The Morgan fingerprint density at radius 2 is 2.09 bits per heavy atom. The minimum atomic E-state index is -0.156. The molecule has 1 aromatic heterocycles. The van der Waals surface area contributed by atoms with Gasteiger partial charge in [0.15, 0.2) is 0 Å². The summed E-state index contributed by atoms with van der Waals surface area (Å²) in [6.07, 6.45) is 3.31. The van der Waals surface area contributed by atoms with Crippen molar-refractivity contribution in [1.29, 1.82) is 0 Å². The van der Waals surface area contributed by atoms with Gasteiger partial charge in [-0.3, -0.25) is 15.6 Å². The van der Waals surface area contributed by atoms with Crippen LogP contribution in [0.25, 0.3) is 0 Å². The Labute approximate surface area is 144 Å². The Morgan fingerprint density at radius 3 is 2.83 bits per heavy atom. The monoisotopic (exact) mass is 354 g/mol. The summed E-state index contributed by atoms with van der Waals surface area (Å²) in [5.74, 6) is 0.523. The second kappa shape index (κ2) is 8.55. The number of ether oxygens (including phenoxy) is 1. The van der Waals surface area contributed by atoms with Crippen LogP contribution in [0.4, 0.5) is 5.95 Å². The normalized spacial score (nSPS) is 10.2. The molecule has 2 rings (SSSR count). The van der Waals surface area contributed by atoms with Crippen molar-refractivity contribution < 1.29 is 9.53 Å². The van der Waals surface area contributed by atoms with Crippen LogP contribution in [-0.4, -0.2) is 23.0 Å². The van der Waals surface area contributed by atoms with E-state index in [4.69, 9.17) is 27.9 Å². The predicted molar refractivity (Wildman–Crippen MR) is 89.7 cm³/mol. The van der Waals surface area contributed by atoms with Gasteiger partial charge in [0.25, 0.3) is 0 Å². The average molecular weight is 355 g/mol. The number of benzene rings is 1.